The maximum atomic E-state index is 12.8. The molecule has 1 rings (SSSR count). The van der Waals surface area contributed by atoms with E-state index in [4.69, 9.17) is 24.7 Å². The Labute approximate surface area is 231 Å². The molecular weight excluding hydrogens is 506 g/mol. The fourth-order valence-corrected chi connectivity index (χ4v) is 4.10. The molecule has 0 aliphatic heterocycles. The van der Waals surface area contributed by atoms with Gasteiger partial charge >= 0.3 is 24.1 Å². The quantitative estimate of drug-likeness (QED) is 0.145. The largest absolute Gasteiger partial charge is 0.508 e. The lowest BCUT2D eigenvalue weighted by atomic mass is 9.82. The van der Waals surface area contributed by atoms with Gasteiger partial charge in [-0.2, -0.15) is 0 Å². The van der Waals surface area contributed by atoms with Crippen molar-refractivity contribution >= 4 is 24.1 Å². The number of nitrogens with two attached hydrogens (primary N) is 1. The summed E-state index contributed by atoms with van der Waals surface area (Å²) >= 11 is 0. The zero-order valence-electron chi connectivity index (χ0n) is 24.1. The molecule has 1 aromatic carbocycles. The van der Waals surface area contributed by atoms with Gasteiger partial charge in [0, 0.05) is 5.92 Å². The van der Waals surface area contributed by atoms with Crippen molar-refractivity contribution in [1.29, 1.82) is 0 Å². The molecule has 0 saturated heterocycles. The first kappa shape index (κ1) is 33.9. The van der Waals surface area contributed by atoms with E-state index in [1.54, 1.807) is 26.8 Å². The number of carboxylic acid groups (broad SMARTS) is 1. The Morgan fingerprint density at radius 1 is 0.846 bits per heavy atom. The summed E-state index contributed by atoms with van der Waals surface area (Å²) in [7, 11) is 0. The number of unbranched alkanes of at least 4 members (excludes halogenated alkanes) is 1. The van der Waals surface area contributed by atoms with Crippen molar-refractivity contribution in [3.8, 4) is 11.5 Å². The van der Waals surface area contributed by atoms with Gasteiger partial charge in [-0.15, -0.1) is 0 Å². The van der Waals surface area contributed by atoms with E-state index in [1.165, 1.54) is 12.1 Å². The van der Waals surface area contributed by atoms with Crippen LogP contribution in [0.15, 0.2) is 18.2 Å². The molecule has 0 amide bonds. The van der Waals surface area contributed by atoms with Crippen molar-refractivity contribution in [2.45, 2.75) is 92.0 Å². The zero-order chi connectivity index (χ0) is 29.5. The highest BCUT2D eigenvalue weighted by Gasteiger charge is 2.33. The van der Waals surface area contributed by atoms with Crippen molar-refractivity contribution in [1.82, 2.24) is 0 Å². The van der Waals surface area contributed by atoms with E-state index in [2.05, 4.69) is 0 Å². The zero-order valence-corrected chi connectivity index (χ0v) is 24.1. The number of carbonyl (C=O) groups is 4. The molecule has 0 aromatic heterocycles. The summed E-state index contributed by atoms with van der Waals surface area (Å²) < 4.78 is 21.4. The highest BCUT2D eigenvalue weighted by molar-refractivity contribution is 5.79. The van der Waals surface area contributed by atoms with Crippen LogP contribution < -0.4 is 15.2 Å². The first-order chi connectivity index (χ1) is 18.5. The van der Waals surface area contributed by atoms with E-state index in [9.17, 15) is 24.3 Å². The van der Waals surface area contributed by atoms with Crippen molar-refractivity contribution in [2.24, 2.45) is 23.5 Å². The van der Waals surface area contributed by atoms with E-state index < -0.39 is 47.9 Å². The van der Waals surface area contributed by atoms with E-state index in [-0.39, 0.29) is 30.6 Å². The lowest BCUT2D eigenvalue weighted by Gasteiger charge is -2.28. The topological polar surface area (TPSA) is 151 Å². The minimum atomic E-state index is -1.36. The fraction of sp³-hybridized carbons (Fsp3) is 0.655. The maximum absolute atomic E-state index is 12.8. The first-order valence-corrected chi connectivity index (χ1v) is 13.8. The van der Waals surface area contributed by atoms with Gasteiger partial charge in [-0.3, -0.25) is 14.4 Å². The Morgan fingerprint density at radius 2 is 1.41 bits per heavy atom. The normalized spacial score (nSPS) is 14.8. The van der Waals surface area contributed by atoms with Crippen LogP contribution in [0.1, 0.15) is 91.5 Å². The minimum Gasteiger partial charge on any atom is -0.480 e. The van der Waals surface area contributed by atoms with Crippen molar-refractivity contribution in [2.75, 3.05) is 13.2 Å². The average Bonchev–Trinajstić information content (AvgIpc) is 2.89. The Balaban J connectivity index is 3.34. The first-order valence-electron chi connectivity index (χ1n) is 13.8. The molecule has 0 bridgehead atoms. The van der Waals surface area contributed by atoms with Crippen LogP contribution in [0.25, 0.3) is 0 Å². The Morgan fingerprint density at radius 3 is 1.92 bits per heavy atom. The lowest BCUT2D eigenvalue weighted by molar-refractivity contribution is -0.141. The third-order valence-corrected chi connectivity index (χ3v) is 6.49. The van der Waals surface area contributed by atoms with Crippen LogP contribution >= 0.6 is 0 Å². The van der Waals surface area contributed by atoms with Gasteiger partial charge in [-0.25, -0.2) is 4.79 Å². The third kappa shape index (κ3) is 11.2. The number of carboxylic acids is 1. The highest BCUT2D eigenvalue weighted by Crippen LogP contribution is 2.36. The summed E-state index contributed by atoms with van der Waals surface area (Å²) in [5, 5.41) is 9.70. The number of aliphatic carboxylic acids is 1. The standard InChI is InChI=1S/C29H45NO9/c1-7-10-15-36-29(35)37-17-20(6)24(25(30)26(31)32)21-13-14-22(38-27(33)18(4)11-8-2)23(16-21)39-28(34)19(5)12-9-3/h13-14,16,18-20,24-25H,7-12,15,17,30H2,1-6H3,(H,31,32)/t18?,19?,20?,24?,25-/m0/s1. The van der Waals surface area contributed by atoms with E-state index in [1.807, 2.05) is 20.8 Å². The van der Waals surface area contributed by atoms with Crippen LogP contribution in [0.5, 0.6) is 11.5 Å². The molecule has 39 heavy (non-hydrogen) atoms. The Hall–Kier alpha value is -3.14. The van der Waals surface area contributed by atoms with Gasteiger partial charge in [-0.05, 0) is 42.9 Å². The molecule has 0 saturated carbocycles. The molecule has 0 spiro atoms. The molecule has 0 heterocycles. The Bertz CT molecular complexity index is 949. The summed E-state index contributed by atoms with van der Waals surface area (Å²) in [6.07, 6.45) is 3.52. The monoisotopic (exact) mass is 551 g/mol. The van der Waals surface area contributed by atoms with E-state index in [0.29, 0.717) is 24.8 Å². The van der Waals surface area contributed by atoms with Gasteiger partial charge in [0.15, 0.2) is 11.5 Å². The lowest BCUT2D eigenvalue weighted by Crippen LogP contribution is -2.40. The van der Waals surface area contributed by atoms with Gasteiger partial charge in [0.05, 0.1) is 25.0 Å². The average molecular weight is 552 g/mol. The van der Waals surface area contributed by atoms with Crippen molar-refractivity contribution in [3.05, 3.63) is 23.8 Å². The van der Waals surface area contributed by atoms with Gasteiger partial charge in [0.1, 0.15) is 6.04 Å². The summed E-state index contributed by atoms with van der Waals surface area (Å²) in [4.78, 5) is 49.2. The number of esters is 2. The Kier molecular flexibility index (Phi) is 15.2. The molecular formula is C29H45NO9. The number of hydrogen-bond acceptors (Lipinski definition) is 9. The van der Waals surface area contributed by atoms with Crippen LogP contribution in [-0.2, 0) is 23.9 Å². The minimum absolute atomic E-state index is 0.00724. The molecule has 0 radical (unpaired) electrons. The molecule has 10 nitrogen and oxygen atoms in total. The molecule has 220 valence electrons. The molecule has 0 fully saturated rings. The smallest absolute Gasteiger partial charge is 0.480 e. The summed E-state index contributed by atoms with van der Waals surface area (Å²) in [6.45, 7) is 11.1. The van der Waals surface area contributed by atoms with E-state index >= 15 is 0 Å². The molecule has 1 aromatic rings. The molecule has 0 aliphatic carbocycles. The van der Waals surface area contributed by atoms with Gasteiger partial charge in [0.25, 0.3) is 0 Å². The molecule has 3 N–H and O–H groups in total. The SMILES string of the molecule is CCCCOC(=O)OCC(C)C(c1ccc(OC(=O)C(C)CCC)c(OC(=O)C(C)CCC)c1)[C@H](N)C(=O)O. The second kappa shape index (κ2) is 17.4. The number of benzene rings is 1. The molecule has 0 aliphatic rings. The van der Waals surface area contributed by atoms with Crippen LogP contribution in [0.2, 0.25) is 0 Å². The summed E-state index contributed by atoms with van der Waals surface area (Å²) in [6, 6.07) is 3.14. The summed E-state index contributed by atoms with van der Waals surface area (Å²) in [5.41, 5.74) is 6.49. The number of carbonyl (C=O) groups excluding carboxylic acids is 3. The van der Waals surface area contributed by atoms with E-state index in [0.717, 1.165) is 19.3 Å². The maximum Gasteiger partial charge on any atom is 0.508 e. The van der Waals surface area contributed by atoms with Crippen molar-refractivity contribution in [3.63, 3.8) is 0 Å². The van der Waals surface area contributed by atoms with Crippen LogP contribution in [0.4, 0.5) is 4.79 Å². The predicted molar refractivity (Wildman–Crippen MR) is 146 cm³/mol. The second-order valence-electron chi connectivity index (χ2n) is 10.1. The van der Waals surface area contributed by atoms with Gasteiger partial charge in [-0.1, -0.05) is 66.9 Å². The second-order valence-corrected chi connectivity index (χ2v) is 10.1. The van der Waals surface area contributed by atoms with Gasteiger partial charge in [0.2, 0.25) is 0 Å². The molecule has 5 atom stereocenters. The summed E-state index contributed by atoms with van der Waals surface area (Å²) in [5.74, 6) is -4.32. The number of ether oxygens (including phenoxy) is 4. The van der Waals surface area contributed by atoms with Gasteiger partial charge < -0.3 is 29.8 Å². The van der Waals surface area contributed by atoms with Crippen LogP contribution in [-0.4, -0.2) is 48.4 Å². The van der Waals surface area contributed by atoms with Crippen LogP contribution in [0.3, 0.4) is 0 Å². The number of rotatable bonds is 17. The van der Waals surface area contributed by atoms with Crippen molar-refractivity contribution < 1.29 is 43.2 Å². The molecule has 10 heteroatoms. The van der Waals surface area contributed by atoms with Crippen LogP contribution in [0, 0.1) is 17.8 Å². The highest BCUT2D eigenvalue weighted by atomic mass is 16.7. The molecule has 4 unspecified atom stereocenters. The fourth-order valence-electron chi connectivity index (χ4n) is 4.10. The number of hydrogen-bond donors (Lipinski definition) is 2. The third-order valence-electron chi connectivity index (χ3n) is 6.49. The predicted octanol–water partition coefficient (Wildman–Crippen LogP) is 5.45.